The van der Waals surface area contributed by atoms with Gasteiger partial charge in [-0.2, -0.15) is 0 Å². The Kier molecular flexibility index (Phi) is 11.3. The molecule has 1 aliphatic carbocycles. The average molecular weight is 567 g/mol. The van der Waals surface area contributed by atoms with Crippen LogP contribution in [0.25, 0.3) is 0 Å². The van der Waals surface area contributed by atoms with Gasteiger partial charge < -0.3 is 10.2 Å². The molecule has 0 bridgehead atoms. The molecule has 1 unspecified atom stereocenters. The normalized spacial score (nSPS) is 14.5. The molecule has 0 aliphatic heterocycles. The summed E-state index contributed by atoms with van der Waals surface area (Å²) in [6.45, 7) is 0.0470. The van der Waals surface area contributed by atoms with E-state index >= 15 is 0 Å². The van der Waals surface area contributed by atoms with Crippen molar-refractivity contribution in [2.75, 3.05) is 5.75 Å². The number of carbonyl (C=O) groups is 2. The monoisotopic (exact) mass is 566 g/mol. The molecule has 1 atom stereocenters. The first-order valence-corrected chi connectivity index (χ1v) is 15.1. The third-order valence-electron chi connectivity index (χ3n) is 7.14. The van der Waals surface area contributed by atoms with Gasteiger partial charge >= 0.3 is 0 Å². The first kappa shape index (κ1) is 29.2. The second kappa shape index (κ2) is 15.1. The van der Waals surface area contributed by atoms with Crippen molar-refractivity contribution in [2.45, 2.75) is 74.9 Å². The summed E-state index contributed by atoms with van der Waals surface area (Å²) in [5.41, 5.74) is 1.37. The third-order valence-corrected chi connectivity index (χ3v) is 8.49. The zero-order valence-electron chi connectivity index (χ0n) is 22.2. The molecule has 1 N–H and O–H groups in total. The summed E-state index contributed by atoms with van der Waals surface area (Å²) in [4.78, 5) is 30.2. The molecule has 3 aromatic carbocycles. The predicted octanol–water partition coefficient (Wildman–Crippen LogP) is 7.44. The fourth-order valence-electron chi connectivity index (χ4n) is 5.00. The van der Waals surface area contributed by atoms with Gasteiger partial charge in [0.05, 0.1) is 0 Å². The maximum Gasteiger partial charge on any atom is 0.243 e. The molecule has 7 heteroatoms. The second-order valence-electron chi connectivity index (χ2n) is 10.1. The van der Waals surface area contributed by atoms with Crippen molar-refractivity contribution in [2.24, 2.45) is 0 Å². The molecule has 0 spiro atoms. The Morgan fingerprint density at radius 2 is 1.64 bits per heavy atom. The van der Waals surface area contributed by atoms with Crippen molar-refractivity contribution in [3.05, 3.63) is 101 Å². The minimum absolute atomic E-state index is 0.0470. The molecule has 1 saturated carbocycles. The van der Waals surface area contributed by atoms with Crippen LogP contribution in [0.15, 0.2) is 83.8 Å². The molecule has 4 rings (SSSR count). The van der Waals surface area contributed by atoms with Crippen LogP contribution < -0.4 is 5.32 Å². The van der Waals surface area contributed by atoms with E-state index in [0.29, 0.717) is 23.4 Å². The van der Waals surface area contributed by atoms with E-state index in [-0.39, 0.29) is 36.6 Å². The van der Waals surface area contributed by atoms with Crippen molar-refractivity contribution >= 4 is 35.2 Å². The maximum absolute atomic E-state index is 14.7. The predicted molar refractivity (Wildman–Crippen MR) is 157 cm³/mol. The van der Waals surface area contributed by atoms with Gasteiger partial charge in [0, 0.05) is 40.9 Å². The standard InChI is InChI=1S/C32H36ClFN2O2S/c33-26-17-19-28(20-18-26)39-21-9-16-31(37)36(23-25-12-7-8-15-29(25)34)30(22-24-10-3-1-4-11-24)32(38)35-27-13-5-2-6-14-27/h1,3-4,7-8,10-12,15,17-20,27,30H,2,5-6,9,13-14,16,21-23H2,(H,35,38). The van der Waals surface area contributed by atoms with Crippen LogP contribution in [-0.4, -0.2) is 34.6 Å². The van der Waals surface area contributed by atoms with E-state index in [4.69, 9.17) is 11.6 Å². The number of amides is 2. The van der Waals surface area contributed by atoms with E-state index < -0.39 is 6.04 Å². The molecule has 0 saturated heterocycles. The van der Waals surface area contributed by atoms with E-state index in [1.165, 1.54) is 12.5 Å². The van der Waals surface area contributed by atoms with Crippen molar-refractivity contribution in [1.29, 1.82) is 0 Å². The molecular weight excluding hydrogens is 531 g/mol. The number of nitrogens with zero attached hydrogens (tertiary/aromatic N) is 1. The van der Waals surface area contributed by atoms with Crippen molar-refractivity contribution in [1.82, 2.24) is 10.2 Å². The highest BCUT2D eigenvalue weighted by atomic mass is 35.5. The summed E-state index contributed by atoms with van der Waals surface area (Å²) >= 11 is 7.64. The Morgan fingerprint density at radius 3 is 2.36 bits per heavy atom. The zero-order chi connectivity index (χ0) is 27.5. The molecule has 2 amide bonds. The second-order valence-corrected chi connectivity index (χ2v) is 11.7. The number of rotatable bonds is 12. The molecule has 1 aliphatic rings. The summed E-state index contributed by atoms with van der Waals surface area (Å²) in [5, 5.41) is 3.92. The summed E-state index contributed by atoms with van der Waals surface area (Å²) in [6.07, 6.45) is 6.57. The average Bonchev–Trinajstić information content (AvgIpc) is 2.96. The molecule has 0 heterocycles. The highest BCUT2D eigenvalue weighted by Gasteiger charge is 2.32. The van der Waals surface area contributed by atoms with Gasteiger partial charge in [0.2, 0.25) is 11.8 Å². The van der Waals surface area contributed by atoms with Gasteiger partial charge in [0.25, 0.3) is 0 Å². The first-order valence-electron chi connectivity index (χ1n) is 13.7. The Balaban J connectivity index is 1.52. The van der Waals surface area contributed by atoms with Crippen LogP contribution in [0.3, 0.4) is 0 Å². The number of benzene rings is 3. The summed E-state index contributed by atoms with van der Waals surface area (Å²) in [6, 6.07) is 23.2. The molecule has 39 heavy (non-hydrogen) atoms. The number of hydrogen-bond donors (Lipinski definition) is 1. The van der Waals surface area contributed by atoms with Crippen LogP contribution in [0, 0.1) is 5.82 Å². The van der Waals surface area contributed by atoms with Gasteiger partial charge in [-0.15, -0.1) is 11.8 Å². The van der Waals surface area contributed by atoms with E-state index in [1.54, 1.807) is 34.9 Å². The topological polar surface area (TPSA) is 49.4 Å². The lowest BCUT2D eigenvalue weighted by molar-refractivity contribution is -0.141. The highest BCUT2D eigenvalue weighted by Crippen LogP contribution is 2.24. The minimum Gasteiger partial charge on any atom is -0.352 e. The molecule has 0 aromatic heterocycles. The molecule has 3 aromatic rings. The van der Waals surface area contributed by atoms with Crippen LogP contribution in [0.4, 0.5) is 4.39 Å². The van der Waals surface area contributed by atoms with Crippen molar-refractivity contribution in [3.8, 4) is 0 Å². The Labute approximate surface area is 240 Å². The van der Waals surface area contributed by atoms with Crippen LogP contribution in [-0.2, 0) is 22.6 Å². The summed E-state index contributed by atoms with van der Waals surface area (Å²) < 4.78 is 14.7. The van der Waals surface area contributed by atoms with Crippen LogP contribution in [0.1, 0.15) is 56.1 Å². The van der Waals surface area contributed by atoms with Crippen LogP contribution in [0.5, 0.6) is 0 Å². The van der Waals surface area contributed by atoms with Crippen LogP contribution >= 0.6 is 23.4 Å². The van der Waals surface area contributed by atoms with E-state index in [9.17, 15) is 14.0 Å². The van der Waals surface area contributed by atoms with Gasteiger partial charge in [-0.1, -0.05) is 79.4 Å². The Hall–Kier alpha value is -2.83. The largest absolute Gasteiger partial charge is 0.352 e. The molecular formula is C32H36ClFN2O2S. The van der Waals surface area contributed by atoms with Gasteiger partial charge in [0.15, 0.2) is 0 Å². The lowest BCUT2D eigenvalue weighted by Crippen LogP contribution is -2.52. The van der Waals surface area contributed by atoms with E-state index in [1.807, 2.05) is 54.6 Å². The number of nitrogens with one attached hydrogen (secondary N) is 1. The molecule has 4 nitrogen and oxygen atoms in total. The maximum atomic E-state index is 14.7. The van der Waals surface area contributed by atoms with Gasteiger partial charge in [-0.05, 0) is 60.9 Å². The molecule has 0 radical (unpaired) electrons. The van der Waals surface area contributed by atoms with Crippen molar-refractivity contribution in [3.63, 3.8) is 0 Å². The minimum atomic E-state index is -0.731. The molecule has 206 valence electrons. The number of hydrogen-bond acceptors (Lipinski definition) is 3. The zero-order valence-corrected chi connectivity index (χ0v) is 23.7. The fourth-order valence-corrected chi connectivity index (χ4v) is 5.98. The fraction of sp³-hybridized carbons (Fsp3) is 0.375. The lowest BCUT2D eigenvalue weighted by atomic mass is 9.94. The number of carbonyl (C=O) groups excluding carboxylic acids is 2. The Morgan fingerprint density at radius 1 is 0.949 bits per heavy atom. The van der Waals surface area contributed by atoms with Gasteiger partial charge in [-0.25, -0.2) is 4.39 Å². The Bertz CT molecular complexity index is 1200. The quantitative estimate of drug-likeness (QED) is 0.183. The van der Waals surface area contributed by atoms with Gasteiger partial charge in [0.1, 0.15) is 11.9 Å². The number of halogens is 2. The summed E-state index contributed by atoms with van der Waals surface area (Å²) in [5.74, 6) is 0.0684. The van der Waals surface area contributed by atoms with Gasteiger partial charge in [-0.3, -0.25) is 9.59 Å². The smallest absolute Gasteiger partial charge is 0.243 e. The van der Waals surface area contributed by atoms with Crippen LogP contribution in [0.2, 0.25) is 5.02 Å². The first-order chi connectivity index (χ1) is 19.0. The summed E-state index contributed by atoms with van der Waals surface area (Å²) in [7, 11) is 0. The number of thioether (sulfide) groups is 1. The lowest BCUT2D eigenvalue weighted by Gasteiger charge is -2.33. The third kappa shape index (κ3) is 9.11. The highest BCUT2D eigenvalue weighted by molar-refractivity contribution is 7.99. The van der Waals surface area contributed by atoms with E-state index in [0.717, 1.165) is 41.9 Å². The molecule has 1 fully saturated rings. The van der Waals surface area contributed by atoms with E-state index in [2.05, 4.69) is 5.32 Å². The SMILES string of the molecule is O=C(NC1CCCCC1)C(Cc1ccccc1)N(Cc1ccccc1F)C(=O)CCCSc1ccc(Cl)cc1. The van der Waals surface area contributed by atoms with Crippen molar-refractivity contribution < 1.29 is 14.0 Å².